The SMILES string of the molecule is CCOC(=O)C(Cc1ccccc1)NC(c1ccccc1)C(F)(F)F. The number of nitrogens with one attached hydrogen (secondary N) is 1. The molecular weight excluding hydrogens is 331 g/mol. The Morgan fingerprint density at radius 3 is 2.12 bits per heavy atom. The van der Waals surface area contributed by atoms with E-state index in [1.165, 1.54) is 24.3 Å². The number of benzene rings is 2. The average Bonchev–Trinajstić information content (AvgIpc) is 2.59. The molecule has 134 valence electrons. The number of halogens is 3. The van der Waals surface area contributed by atoms with E-state index in [-0.39, 0.29) is 18.6 Å². The van der Waals surface area contributed by atoms with Gasteiger partial charge in [0, 0.05) is 0 Å². The minimum Gasteiger partial charge on any atom is -0.465 e. The van der Waals surface area contributed by atoms with E-state index in [0.29, 0.717) is 0 Å². The molecule has 25 heavy (non-hydrogen) atoms. The molecule has 2 rings (SSSR count). The molecule has 0 fully saturated rings. The van der Waals surface area contributed by atoms with Gasteiger partial charge in [-0.1, -0.05) is 60.7 Å². The van der Waals surface area contributed by atoms with Gasteiger partial charge in [-0.15, -0.1) is 0 Å². The summed E-state index contributed by atoms with van der Waals surface area (Å²) in [5.41, 5.74) is 0.805. The first-order valence-electron chi connectivity index (χ1n) is 8.00. The van der Waals surface area contributed by atoms with Crippen LogP contribution in [0.2, 0.25) is 0 Å². The molecule has 0 aromatic heterocycles. The minimum atomic E-state index is -4.54. The number of carbonyl (C=O) groups is 1. The highest BCUT2D eigenvalue weighted by Gasteiger charge is 2.43. The van der Waals surface area contributed by atoms with Crippen LogP contribution in [0.15, 0.2) is 60.7 Å². The first-order valence-corrected chi connectivity index (χ1v) is 8.00. The van der Waals surface area contributed by atoms with Crippen molar-refractivity contribution in [2.24, 2.45) is 0 Å². The number of alkyl halides is 3. The van der Waals surface area contributed by atoms with Crippen LogP contribution in [0.4, 0.5) is 13.2 Å². The molecule has 0 radical (unpaired) electrons. The lowest BCUT2D eigenvalue weighted by atomic mass is 10.0. The first-order chi connectivity index (χ1) is 11.9. The fourth-order valence-corrected chi connectivity index (χ4v) is 2.53. The van der Waals surface area contributed by atoms with E-state index in [9.17, 15) is 18.0 Å². The lowest BCUT2D eigenvalue weighted by Crippen LogP contribution is -2.46. The molecule has 0 saturated heterocycles. The minimum absolute atomic E-state index is 0.0531. The summed E-state index contributed by atoms with van der Waals surface area (Å²) in [5, 5.41) is 2.44. The molecule has 2 atom stereocenters. The van der Waals surface area contributed by atoms with E-state index in [4.69, 9.17) is 4.74 Å². The summed E-state index contributed by atoms with van der Waals surface area (Å²) in [6, 6.07) is 13.3. The number of rotatable bonds is 7. The van der Waals surface area contributed by atoms with Crippen LogP contribution in [0.1, 0.15) is 24.1 Å². The zero-order chi connectivity index (χ0) is 18.3. The van der Waals surface area contributed by atoms with Crippen LogP contribution in [-0.4, -0.2) is 24.8 Å². The second kappa shape index (κ2) is 8.67. The van der Waals surface area contributed by atoms with Gasteiger partial charge in [0.2, 0.25) is 0 Å². The Hall–Kier alpha value is -2.34. The summed E-state index contributed by atoms with van der Waals surface area (Å²) >= 11 is 0. The van der Waals surface area contributed by atoms with Gasteiger partial charge in [-0.25, -0.2) is 0 Å². The Morgan fingerprint density at radius 2 is 1.60 bits per heavy atom. The monoisotopic (exact) mass is 351 g/mol. The van der Waals surface area contributed by atoms with Crippen LogP contribution in [0.5, 0.6) is 0 Å². The van der Waals surface area contributed by atoms with Gasteiger partial charge in [-0.3, -0.25) is 10.1 Å². The van der Waals surface area contributed by atoms with Crippen molar-refractivity contribution in [3.63, 3.8) is 0 Å². The maximum Gasteiger partial charge on any atom is 0.407 e. The van der Waals surface area contributed by atoms with Gasteiger partial charge in [0.05, 0.1) is 6.61 Å². The third kappa shape index (κ3) is 5.60. The van der Waals surface area contributed by atoms with Crippen LogP contribution in [0.25, 0.3) is 0 Å². The molecule has 2 aromatic rings. The van der Waals surface area contributed by atoms with E-state index in [1.54, 1.807) is 43.3 Å². The molecule has 0 aliphatic carbocycles. The van der Waals surface area contributed by atoms with Gasteiger partial charge in [0.25, 0.3) is 0 Å². The van der Waals surface area contributed by atoms with Crippen LogP contribution in [-0.2, 0) is 16.0 Å². The Labute approximate surface area is 144 Å². The smallest absolute Gasteiger partial charge is 0.407 e. The number of carbonyl (C=O) groups excluding carboxylic acids is 1. The number of hydrogen-bond acceptors (Lipinski definition) is 3. The van der Waals surface area contributed by atoms with E-state index >= 15 is 0 Å². The zero-order valence-corrected chi connectivity index (χ0v) is 13.8. The van der Waals surface area contributed by atoms with Crippen LogP contribution in [0.3, 0.4) is 0 Å². The molecule has 3 nitrogen and oxygen atoms in total. The molecule has 2 unspecified atom stereocenters. The third-order valence-electron chi connectivity index (χ3n) is 3.68. The Balaban J connectivity index is 2.27. The van der Waals surface area contributed by atoms with Crippen molar-refractivity contribution >= 4 is 5.97 Å². The van der Waals surface area contributed by atoms with E-state index < -0.39 is 24.2 Å². The van der Waals surface area contributed by atoms with Crippen molar-refractivity contribution < 1.29 is 22.7 Å². The van der Waals surface area contributed by atoms with Gasteiger partial charge in [-0.2, -0.15) is 13.2 Å². The maximum atomic E-state index is 13.5. The van der Waals surface area contributed by atoms with E-state index in [1.807, 2.05) is 0 Å². The summed E-state index contributed by atoms with van der Waals surface area (Å²) < 4.78 is 45.6. The van der Waals surface area contributed by atoms with Crippen molar-refractivity contribution in [1.82, 2.24) is 5.32 Å². The predicted molar refractivity (Wildman–Crippen MR) is 88.9 cm³/mol. The summed E-state index contributed by atoms with van der Waals surface area (Å²) in [6.07, 6.45) is -4.43. The summed E-state index contributed by atoms with van der Waals surface area (Å²) in [7, 11) is 0. The topological polar surface area (TPSA) is 38.3 Å². The molecule has 6 heteroatoms. The second-order valence-corrected chi connectivity index (χ2v) is 5.55. The molecular formula is C19H20F3NO2. The summed E-state index contributed by atoms with van der Waals surface area (Å²) in [4.78, 5) is 12.2. The molecule has 0 heterocycles. The molecule has 0 aliphatic heterocycles. The van der Waals surface area contributed by atoms with E-state index in [0.717, 1.165) is 5.56 Å². The van der Waals surface area contributed by atoms with Crippen LogP contribution in [0, 0.1) is 0 Å². The number of esters is 1. The molecule has 0 bridgehead atoms. The molecule has 0 saturated carbocycles. The quantitative estimate of drug-likeness (QED) is 0.765. The van der Waals surface area contributed by atoms with Crippen molar-refractivity contribution in [3.05, 3.63) is 71.8 Å². The molecule has 1 N–H and O–H groups in total. The van der Waals surface area contributed by atoms with Gasteiger partial charge in [0.15, 0.2) is 0 Å². The Bertz CT molecular complexity index is 659. The zero-order valence-electron chi connectivity index (χ0n) is 13.8. The third-order valence-corrected chi connectivity index (χ3v) is 3.68. The van der Waals surface area contributed by atoms with Gasteiger partial charge < -0.3 is 4.74 Å². The lowest BCUT2D eigenvalue weighted by Gasteiger charge is -2.27. The molecule has 0 spiro atoms. The highest BCUT2D eigenvalue weighted by Crippen LogP contribution is 2.33. The predicted octanol–water partition coefficient (Wildman–Crippen LogP) is 4.05. The number of hydrogen-bond donors (Lipinski definition) is 1. The van der Waals surface area contributed by atoms with Crippen molar-refractivity contribution in [3.8, 4) is 0 Å². The molecule has 0 aliphatic rings. The van der Waals surface area contributed by atoms with E-state index in [2.05, 4.69) is 5.32 Å². The fraction of sp³-hybridized carbons (Fsp3) is 0.316. The highest BCUT2D eigenvalue weighted by molar-refractivity contribution is 5.76. The van der Waals surface area contributed by atoms with Crippen molar-refractivity contribution in [2.75, 3.05) is 6.61 Å². The summed E-state index contributed by atoms with van der Waals surface area (Å²) in [5.74, 6) is -0.698. The van der Waals surface area contributed by atoms with Crippen LogP contribution >= 0.6 is 0 Å². The fourth-order valence-electron chi connectivity index (χ4n) is 2.53. The Kier molecular flexibility index (Phi) is 6.58. The molecule has 2 aromatic carbocycles. The van der Waals surface area contributed by atoms with Gasteiger partial charge in [0.1, 0.15) is 12.1 Å². The van der Waals surface area contributed by atoms with Crippen molar-refractivity contribution in [2.45, 2.75) is 31.6 Å². The van der Waals surface area contributed by atoms with Gasteiger partial charge in [-0.05, 0) is 24.5 Å². The molecule has 0 amide bonds. The van der Waals surface area contributed by atoms with Gasteiger partial charge >= 0.3 is 12.1 Å². The normalized spacial score (nSPS) is 13.9. The largest absolute Gasteiger partial charge is 0.465 e. The van der Waals surface area contributed by atoms with Crippen LogP contribution < -0.4 is 5.32 Å². The lowest BCUT2D eigenvalue weighted by molar-refractivity contribution is -0.164. The summed E-state index contributed by atoms with van der Waals surface area (Å²) in [6.45, 7) is 1.73. The average molecular weight is 351 g/mol. The second-order valence-electron chi connectivity index (χ2n) is 5.55. The first kappa shape index (κ1) is 19.0. The standard InChI is InChI=1S/C19H20F3NO2/c1-2-25-18(24)16(13-14-9-5-3-6-10-14)23-17(19(20,21)22)15-11-7-4-8-12-15/h3-12,16-17,23H,2,13H2,1H3. The number of ether oxygens (including phenoxy) is 1. The van der Waals surface area contributed by atoms with Crippen molar-refractivity contribution in [1.29, 1.82) is 0 Å². The highest BCUT2D eigenvalue weighted by atomic mass is 19.4. The maximum absolute atomic E-state index is 13.5. The Morgan fingerprint density at radius 1 is 1.04 bits per heavy atom.